The zero-order valence-corrected chi connectivity index (χ0v) is 31.5. The van der Waals surface area contributed by atoms with Crippen molar-refractivity contribution < 1.29 is 29.3 Å². The topological polar surface area (TPSA) is 188 Å². The molecule has 4 aromatic carbocycles. The number of phenolic OH excluding ortho intramolecular Hbond substituents is 1. The minimum absolute atomic E-state index is 0.0862. The monoisotopic (exact) mass is 767 g/mol. The van der Waals surface area contributed by atoms with Crippen molar-refractivity contribution in [3.05, 3.63) is 117 Å². The van der Waals surface area contributed by atoms with E-state index < -0.39 is 17.8 Å². The van der Waals surface area contributed by atoms with Crippen molar-refractivity contribution in [2.24, 2.45) is 5.73 Å². The molecule has 5 aromatic rings. The van der Waals surface area contributed by atoms with Crippen LogP contribution < -0.4 is 32.0 Å². The number of nitrogens with one attached hydrogen (secondary N) is 4. The Balaban J connectivity index is 1.08. The first-order valence-electron chi connectivity index (χ1n) is 18.3. The number of nitrogens with two attached hydrogens (primary N) is 1. The van der Waals surface area contributed by atoms with Crippen LogP contribution in [0.3, 0.4) is 0 Å². The standard InChI is InChI=1S/C42H46ClN5O7/c1-42(18-16-28(44)17-19-42)55-41(53)47-33-20-25(8-10-29(33)26-6-4-3-5-7-26)9-14-38(51)46-34-22-37(54-2)27(21-32(34)43)23-45-24-36(50)30-11-13-35(49)40-31(30)12-15-39(52)48-40/h3-8,10-13,15,20-22,28,36,45,49-50H,9,14,16-19,23-24,44H2,1-2H3,(H,46,51)(H,47,53)(H,48,52)/t28?,36-,42?/m0/s1. The van der Waals surface area contributed by atoms with Crippen molar-refractivity contribution in [2.75, 3.05) is 24.3 Å². The van der Waals surface area contributed by atoms with Gasteiger partial charge in [-0.25, -0.2) is 4.79 Å². The molecule has 0 radical (unpaired) electrons. The van der Waals surface area contributed by atoms with Crippen LogP contribution in [-0.2, 0) is 22.5 Å². The molecular weight excluding hydrogens is 722 g/mol. The number of anilines is 2. The molecule has 288 valence electrons. The number of phenols is 1. The maximum absolute atomic E-state index is 13.2. The number of aryl methyl sites for hydroxylation is 1. The first-order chi connectivity index (χ1) is 26.4. The number of H-pyrrole nitrogens is 1. The van der Waals surface area contributed by atoms with Gasteiger partial charge in [0, 0.05) is 54.2 Å². The van der Waals surface area contributed by atoms with Crippen LogP contribution in [0.1, 0.15) is 61.8 Å². The molecule has 0 saturated heterocycles. The van der Waals surface area contributed by atoms with Crippen LogP contribution in [0.15, 0.2) is 89.7 Å². The van der Waals surface area contributed by atoms with Gasteiger partial charge in [-0.15, -0.1) is 0 Å². The molecular formula is C42H46ClN5O7. The molecule has 1 fully saturated rings. The van der Waals surface area contributed by atoms with Crippen LogP contribution in [0.4, 0.5) is 16.2 Å². The molecule has 12 nitrogen and oxygen atoms in total. The number of benzene rings is 4. The predicted octanol–water partition coefficient (Wildman–Crippen LogP) is 7.17. The Morgan fingerprint density at radius 3 is 2.51 bits per heavy atom. The summed E-state index contributed by atoms with van der Waals surface area (Å²) in [5.41, 5.74) is 10.2. The summed E-state index contributed by atoms with van der Waals surface area (Å²) in [6.07, 6.45) is 2.06. The average Bonchev–Trinajstić information content (AvgIpc) is 3.17. The van der Waals surface area contributed by atoms with E-state index >= 15 is 0 Å². The number of hydrogen-bond donors (Lipinski definition) is 7. The summed E-state index contributed by atoms with van der Waals surface area (Å²) in [5, 5.41) is 31.0. The minimum atomic E-state index is -0.950. The molecule has 1 atom stereocenters. The lowest BCUT2D eigenvalue weighted by atomic mass is 9.84. The van der Waals surface area contributed by atoms with Crippen LogP contribution in [0, 0.1) is 0 Å². The maximum atomic E-state index is 13.2. The first kappa shape index (κ1) is 39.3. The third-order valence-corrected chi connectivity index (χ3v) is 10.3. The number of rotatable bonds is 13. The van der Waals surface area contributed by atoms with Crippen LogP contribution >= 0.6 is 11.6 Å². The second-order valence-electron chi connectivity index (χ2n) is 14.2. The quantitative estimate of drug-likeness (QED) is 0.0652. The Hall–Kier alpha value is -5.40. The Bertz CT molecular complexity index is 2220. The second-order valence-corrected chi connectivity index (χ2v) is 14.6. The molecule has 55 heavy (non-hydrogen) atoms. The van der Waals surface area contributed by atoms with Gasteiger partial charge in [0.05, 0.1) is 35.1 Å². The number of hydrogen-bond acceptors (Lipinski definition) is 9. The second kappa shape index (κ2) is 17.4. The SMILES string of the molecule is COc1cc(NC(=O)CCc2ccc(-c3ccccc3)c(NC(=O)OC3(C)CCC(N)CC3)c2)c(Cl)cc1CNC[C@H](O)c1ccc(O)c2[nH]c(=O)ccc12. The summed E-state index contributed by atoms with van der Waals surface area (Å²) in [6.45, 7) is 2.38. The predicted molar refractivity (Wildman–Crippen MR) is 215 cm³/mol. The molecule has 0 bridgehead atoms. The van der Waals surface area contributed by atoms with E-state index in [1.807, 2.05) is 55.5 Å². The molecule has 2 amide bonds. The molecule has 0 unspecified atom stereocenters. The lowest BCUT2D eigenvalue weighted by Gasteiger charge is -2.35. The van der Waals surface area contributed by atoms with Gasteiger partial charge in [0.25, 0.3) is 0 Å². The van der Waals surface area contributed by atoms with Crippen LogP contribution in [0.25, 0.3) is 22.0 Å². The molecule has 8 N–H and O–H groups in total. The smallest absolute Gasteiger partial charge is 0.412 e. The summed E-state index contributed by atoms with van der Waals surface area (Å²) >= 11 is 6.62. The van der Waals surface area contributed by atoms with Crippen molar-refractivity contribution >= 4 is 45.9 Å². The molecule has 1 saturated carbocycles. The number of ether oxygens (including phenoxy) is 2. The Morgan fingerprint density at radius 1 is 1.00 bits per heavy atom. The summed E-state index contributed by atoms with van der Waals surface area (Å²) in [5.74, 6) is 0.139. The van der Waals surface area contributed by atoms with E-state index in [0.29, 0.717) is 57.9 Å². The fraction of sp³-hybridized carbons (Fsp3) is 0.310. The highest BCUT2D eigenvalue weighted by Crippen LogP contribution is 2.35. The highest BCUT2D eigenvalue weighted by atomic mass is 35.5. The van der Waals surface area contributed by atoms with Crippen LogP contribution in [0.5, 0.6) is 11.5 Å². The maximum Gasteiger partial charge on any atom is 0.412 e. The Labute approximate surface area is 324 Å². The number of amides is 2. The van der Waals surface area contributed by atoms with Crippen LogP contribution in [-0.4, -0.2) is 52.5 Å². The van der Waals surface area contributed by atoms with Gasteiger partial charge < -0.3 is 41.0 Å². The average molecular weight is 768 g/mol. The van der Waals surface area contributed by atoms with Crippen molar-refractivity contribution in [3.63, 3.8) is 0 Å². The molecule has 1 aliphatic carbocycles. The lowest BCUT2D eigenvalue weighted by Crippen LogP contribution is -2.41. The molecule has 0 aliphatic heterocycles. The van der Waals surface area contributed by atoms with E-state index in [1.54, 1.807) is 24.3 Å². The fourth-order valence-corrected chi connectivity index (χ4v) is 7.16. The first-order valence-corrected chi connectivity index (χ1v) is 18.6. The fourth-order valence-electron chi connectivity index (χ4n) is 6.92. The number of aromatic amines is 1. The lowest BCUT2D eigenvalue weighted by molar-refractivity contribution is -0.116. The summed E-state index contributed by atoms with van der Waals surface area (Å²) in [4.78, 5) is 40.7. The number of aliphatic hydroxyl groups is 1. The van der Waals surface area contributed by atoms with E-state index in [-0.39, 0.29) is 48.3 Å². The molecule has 1 heterocycles. The summed E-state index contributed by atoms with van der Waals surface area (Å²) < 4.78 is 11.5. The van der Waals surface area contributed by atoms with Gasteiger partial charge in [-0.1, -0.05) is 60.1 Å². The number of pyridine rings is 1. The van der Waals surface area contributed by atoms with Gasteiger partial charge in [0.2, 0.25) is 11.5 Å². The highest BCUT2D eigenvalue weighted by molar-refractivity contribution is 6.33. The minimum Gasteiger partial charge on any atom is -0.506 e. The molecule has 13 heteroatoms. The number of halogens is 1. The van der Waals surface area contributed by atoms with Gasteiger partial charge in [-0.2, -0.15) is 0 Å². The van der Waals surface area contributed by atoms with Gasteiger partial charge >= 0.3 is 6.09 Å². The molecule has 1 aliphatic rings. The number of carbonyl (C=O) groups excluding carboxylic acids is 2. The van der Waals surface area contributed by atoms with E-state index in [9.17, 15) is 24.6 Å². The van der Waals surface area contributed by atoms with Gasteiger partial charge in [0.1, 0.15) is 17.1 Å². The highest BCUT2D eigenvalue weighted by Gasteiger charge is 2.33. The Morgan fingerprint density at radius 2 is 1.76 bits per heavy atom. The van der Waals surface area contributed by atoms with E-state index in [0.717, 1.165) is 29.5 Å². The van der Waals surface area contributed by atoms with E-state index in [1.165, 1.54) is 19.2 Å². The van der Waals surface area contributed by atoms with Crippen molar-refractivity contribution in [1.29, 1.82) is 0 Å². The van der Waals surface area contributed by atoms with Crippen molar-refractivity contribution in [1.82, 2.24) is 10.3 Å². The van der Waals surface area contributed by atoms with Gasteiger partial charge in [-0.05, 0) is 80.0 Å². The number of aromatic hydroxyl groups is 1. The van der Waals surface area contributed by atoms with E-state index in [4.69, 9.17) is 26.8 Å². The number of fused-ring (bicyclic) bond motifs is 1. The van der Waals surface area contributed by atoms with Gasteiger partial charge in [-0.3, -0.25) is 14.9 Å². The number of methoxy groups -OCH3 is 1. The molecule has 6 rings (SSSR count). The Kier molecular flexibility index (Phi) is 12.4. The third-order valence-electron chi connectivity index (χ3n) is 10.0. The zero-order chi connectivity index (χ0) is 39.1. The summed E-state index contributed by atoms with van der Waals surface area (Å²) in [6, 6.07) is 24.9. The third kappa shape index (κ3) is 9.83. The van der Waals surface area contributed by atoms with Crippen molar-refractivity contribution in [2.45, 2.75) is 69.7 Å². The summed E-state index contributed by atoms with van der Waals surface area (Å²) in [7, 11) is 1.52. The molecule has 1 aromatic heterocycles. The number of aromatic nitrogens is 1. The molecule has 0 spiro atoms. The van der Waals surface area contributed by atoms with Gasteiger partial charge in [0.15, 0.2) is 0 Å². The normalized spacial score (nSPS) is 17.4. The van der Waals surface area contributed by atoms with E-state index in [2.05, 4.69) is 20.9 Å². The van der Waals surface area contributed by atoms with Crippen molar-refractivity contribution in [3.8, 4) is 22.6 Å². The van der Waals surface area contributed by atoms with Crippen LogP contribution in [0.2, 0.25) is 5.02 Å². The zero-order valence-electron chi connectivity index (χ0n) is 30.8. The number of aliphatic hydroxyl groups excluding tert-OH is 1. The number of carbonyl (C=O) groups is 2. The largest absolute Gasteiger partial charge is 0.506 e.